The molecule has 1 aromatic carbocycles. The summed E-state index contributed by atoms with van der Waals surface area (Å²) in [5.74, 6) is -1.49. The summed E-state index contributed by atoms with van der Waals surface area (Å²) in [6.07, 6.45) is -2.33. The van der Waals surface area contributed by atoms with Gasteiger partial charge < -0.3 is 20.5 Å². The Hall–Kier alpha value is -3.71. The first-order chi connectivity index (χ1) is 17.3. The highest BCUT2D eigenvalue weighted by Gasteiger charge is 2.44. The van der Waals surface area contributed by atoms with Crippen molar-refractivity contribution in [3.05, 3.63) is 23.8 Å². The second-order valence-electron chi connectivity index (χ2n) is 9.42. The number of fused-ring (bicyclic) bond motifs is 3. The van der Waals surface area contributed by atoms with Gasteiger partial charge in [-0.2, -0.15) is 17.7 Å². The van der Waals surface area contributed by atoms with Gasteiger partial charge in [0, 0.05) is 35.9 Å². The van der Waals surface area contributed by atoms with Gasteiger partial charge in [-0.3, -0.25) is 4.79 Å². The third-order valence-corrected chi connectivity index (χ3v) is 6.79. The predicted octanol–water partition coefficient (Wildman–Crippen LogP) is 3.39. The summed E-state index contributed by atoms with van der Waals surface area (Å²) < 4.78 is 52.6. The number of carboxylic acids is 1. The normalized spacial score (nSPS) is 23.5. The number of carboxylic acid groups (broad SMARTS) is 1. The number of carbonyl (C=O) groups excluding carboxylic acids is 1. The van der Waals surface area contributed by atoms with E-state index in [2.05, 4.69) is 23.9 Å². The molecule has 0 bridgehead atoms. The average Bonchev–Trinajstić information content (AvgIpc) is 3.38. The number of hydrogen-bond acceptors (Lipinski definition) is 7. The fraction of sp³-hybridized carbons (Fsp3) is 0.522. The zero-order valence-electron chi connectivity index (χ0n) is 20.3. The summed E-state index contributed by atoms with van der Waals surface area (Å²) in [5, 5.41) is 12.2. The van der Waals surface area contributed by atoms with E-state index in [1.807, 2.05) is 4.90 Å². The third-order valence-electron chi connectivity index (χ3n) is 6.79. The molecular formula is C23H26F4N6O4. The molecule has 200 valence electrons. The number of likely N-dealkylation sites (tertiary alicyclic amines) is 1. The molecule has 10 nitrogen and oxygen atoms in total. The highest BCUT2D eigenvalue weighted by Crippen LogP contribution is 2.41. The summed E-state index contributed by atoms with van der Waals surface area (Å²) >= 11 is 0. The summed E-state index contributed by atoms with van der Waals surface area (Å²) in [7, 11) is 1.40. The quantitative estimate of drug-likeness (QED) is 0.496. The highest BCUT2D eigenvalue weighted by atomic mass is 19.4. The van der Waals surface area contributed by atoms with Gasteiger partial charge >= 0.3 is 12.1 Å². The van der Waals surface area contributed by atoms with E-state index in [0.717, 1.165) is 19.3 Å². The average molecular weight is 526 g/mol. The Morgan fingerprint density at radius 3 is 2.41 bits per heavy atom. The number of nitrogens with zero attached hydrogens (tertiary/aromatic N) is 5. The van der Waals surface area contributed by atoms with Crippen molar-refractivity contribution in [1.29, 1.82) is 0 Å². The molecule has 1 aliphatic carbocycles. The fourth-order valence-corrected chi connectivity index (χ4v) is 4.48. The number of ether oxygens (including phenoxy) is 1. The predicted molar refractivity (Wildman–Crippen MR) is 123 cm³/mol. The molecule has 3 N–H and O–H groups in total. The van der Waals surface area contributed by atoms with Crippen LogP contribution in [0.3, 0.4) is 0 Å². The molecule has 0 unspecified atom stereocenters. The lowest BCUT2D eigenvalue weighted by Crippen LogP contribution is -2.46. The number of rotatable bonds is 3. The molecule has 1 aliphatic heterocycles. The lowest BCUT2D eigenvalue weighted by molar-refractivity contribution is -0.192. The van der Waals surface area contributed by atoms with Gasteiger partial charge in [0.1, 0.15) is 0 Å². The minimum absolute atomic E-state index is 0.0108. The molecular weight excluding hydrogens is 500 g/mol. The van der Waals surface area contributed by atoms with E-state index in [9.17, 15) is 22.4 Å². The maximum Gasteiger partial charge on any atom is 0.490 e. The van der Waals surface area contributed by atoms with Gasteiger partial charge in [0.2, 0.25) is 11.9 Å². The van der Waals surface area contributed by atoms with Crippen LogP contribution in [-0.2, 0) is 9.59 Å². The monoisotopic (exact) mass is 526 g/mol. The summed E-state index contributed by atoms with van der Waals surface area (Å²) in [6, 6.07) is 3.07. The zero-order chi connectivity index (χ0) is 27.2. The maximum atomic E-state index is 14.3. The van der Waals surface area contributed by atoms with Gasteiger partial charge in [0.05, 0.1) is 12.6 Å². The third kappa shape index (κ3) is 5.23. The topological polar surface area (TPSA) is 136 Å². The molecule has 0 radical (unpaired) electrons. The first-order valence-electron chi connectivity index (χ1n) is 11.6. The van der Waals surface area contributed by atoms with Crippen LogP contribution in [0.15, 0.2) is 12.1 Å². The van der Waals surface area contributed by atoms with E-state index in [1.165, 1.54) is 23.8 Å². The summed E-state index contributed by atoms with van der Waals surface area (Å²) in [6.45, 7) is 4.81. The van der Waals surface area contributed by atoms with Crippen LogP contribution in [0, 0.1) is 17.7 Å². The van der Waals surface area contributed by atoms with Crippen molar-refractivity contribution in [3.8, 4) is 5.75 Å². The standard InChI is InChI=1S/C21H25FN6O2.C2HF3O2/c1-10-6-13(10)20(29)27-9-12(5-4-11(27)2)18-25-19-14-7-15(22)17(30-3)8-16(14)24-21(23)28(19)26-18;3-2(4,5)1(6)7/h7-8,10-13H,4-6,9H2,1-3H3,(H2,23,24);(H,6,7)/t10-,11+,12-,13+;/m1./s1. The van der Waals surface area contributed by atoms with E-state index in [4.69, 9.17) is 25.4 Å². The Kier molecular flexibility index (Phi) is 6.86. The maximum absolute atomic E-state index is 14.3. The molecule has 2 aromatic heterocycles. The van der Waals surface area contributed by atoms with E-state index < -0.39 is 18.0 Å². The van der Waals surface area contributed by atoms with Crippen molar-refractivity contribution in [2.24, 2.45) is 11.8 Å². The van der Waals surface area contributed by atoms with Crippen LogP contribution in [0.25, 0.3) is 16.6 Å². The molecule has 14 heteroatoms. The second kappa shape index (κ2) is 9.63. The second-order valence-corrected chi connectivity index (χ2v) is 9.42. The van der Waals surface area contributed by atoms with Crippen LogP contribution in [-0.4, -0.2) is 67.3 Å². The molecule has 1 saturated heterocycles. The number of alkyl halides is 3. The lowest BCUT2D eigenvalue weighted by Gasteiger charge is -2.37. The Balaban J connectivity index is 0.000000405. The highest BCUT2D eigenvalue weighted by molar-refractivity contribution is 5.93. The lowest BCUT2D eigenvalue weighted by atomic mass is 9.92. The molecule has 2 aliphatic rings. The molecule has 1 amide bonds. The Morgan fingerprint density at radius 1 is 1.19 bits per heavy atom. The number of carbonyl (C=O) groups is 2. The van der Waals surface area contributed by atoms with E-state index in [-0.39, 0.29) is 35.5 Å². The van der Waals surface area contributed by atoms with E-state index in [0.29, 0.717) is 34.8 Å². The van der Waals surface area contributed by atoms with Gasteiger partial charge in [0.25, 0.3) is 0 Å². The number of amides is 1. The van der Waals surface area contributed by atoms with Gasteiger partial charge in [0.15, 0.2) is 23.0 Å². The number of methoxy groups -OCH3 is 1. The van der Waals surface area contributed by atoms with Crippen molar-refractivity contribution in [1.82, 2.24) is 24.5 Å². The van der Waals surface area contributed by atoms with E-state index in [1.54, 1.807) is 0 Å². The van der Waals surface area contributed by atoms with Crippen LogP contribution in [0.1, 0.15) is 44.9 Å². The number of anilines is 1. The molecule has 37 heavy (non-hydrogen) atoms. The molecule has 5 rings (SSSR count). The number of hydrogen-bond donors (Lipinski definition) is 2. The number of nitrogen functional groups attached to an aromatic ring is 1. The molecule has 2 fully saturated rings. The zero-order valence-corrected chi connectivity index (χ0v) is 20.3. The van der Waals surface area contributed by atoms with Crippen molar-refractivity contribution in [3.63, 3.8) is 0 Å². The van der Waals surface area contributed by atoms with Crippen molar-refractivity contribution >= 4 is 34.4 Å². The Morgan fingerprint density at radius 2 is 1.84 bits per heavy atom. The number of nitrogens with two attached hydrogens (primary N) is 1. The molecule has 3 aromatic rings. The minimum atomic E-state index is -5.08. The first-order valence-corrected chi connectivity index (χ1v) is 11.6. The number of piperidine rings is 1. The Labute approximate surface area is 208 Å². The van der Waals surface area contributed by atoms with Gasteiger partial charge in [-0.1, -0.05) is 6.92 Å². The largest absolute Gasteiger partial charge is 0.494 e. The number of halogens is 4. The molecule has 1 saturated carbocycles. The fourth-order valence-electron chi connectivity index (χ4n) is 4.48. The van der Waals surface area contributed by atoms with Crippen molar-refractivity contribution < 1.29 is 37.0 Å². The van der Waals surface area contributed by atoms with E-state index >= 15 is 0 Å². The first kappa shape index (κ1) is 26.4. The van der Waals surface area contributed by atoms with Crippen molar-refractivity contribution in [2.75, 3.05) is 19.4 Å². The SMILES string of the molecule is COc1cc2nc(N)n3nc([C@@H]4CC[C@H](C)N(C(=O)[C@H]5C[C@H]5C)C4)nc3c2cc1F.O=C(O)C(F)(F)F. The van der Waals surface area contributed by atoms with Crippen LogP contribution in [0.4, 0.5) is 23.5 Å². The number of aliphatic carboxylic acids is 1. The molecule has 3 heterocycles. The Bertz CT molecular complexity index is 1360. The van der Waals surface area contributed by atoms with Crippen LogP contribution in [0.2, 0.25) is 0 Å². The number of aromatic nitrogens is 4. The van der Waals surface area contributed by atoms with Gasteiger partial charge in [-0.05, 0) is 38.2 Å². The molecule has 4 atom stereocenters. The van der Waals surface area contributed by atoms with Crippen molar-refractivity contribution in [2.45, 2.75) is 51.2 Å². The summed E-state index contributed by atoms with van der Waals surface area (Å²) in [4.78, 5) is 32.8. The van der Waals surface area contributed by atoms with Crippen LogP contribution < -0.4 is 10.5 Å². The minimum Gasteiger partial charge on any atom is -0.494 e. The molecule has 0 spiro atoms. The van der Waals surface area contributed by atoms with Gasteiger partial charge in [-0.15, -0.1) is 5.10 Å². The number of benzene rings is 1. The smallest absolute Gasteiger partial charge is 0.490 e. The van der Waals surface area contributed by atoms with Crippen LogP contribution >= 0.6 is 0 Å². The van der Waals surface area contributed by atoms with Crippen LogP contribution in [0.5, 0.6) is 5.75 Å². The summed E-state index contributed by atoms with van der Waals surface area (Å²) in [5.41, 5.74) is 7.06. The van der Waals surface area contributed by atoms with Gasteiger partial charge in [-0.25, -0.2) is 19.2 Å².